The molecular formula is C10H14Br2N2OS. The van der Waals surface area contributed by atoms with Gasteiger partial charge in [0.05, 0.1) is 8.66 Å². The lowest BCUT2D eigenvalue weighted by Gasteiger charge is -2.15. The lowest BCUT2D eigenvalue weighted by atomic mass is 10.1. The number of thiophene rings is 1. The molecule has 0 saturated carbocycles. The number of amides is 1. The van der Waals surface area contributed by atoms with Crippen LogP contribution in [0.2, 0.25) is 0 Å². The van der Waals surface area contributed by atoms with Gasteiger partial charge in [0, 0.05) is 17.1 Å². The summed E-state index contributed by atoms with van der Waals surface area (Å²) in [6.45, 7) is 4.58. The van der Waals surface area contributed by atoms with E-state index >= 15 is 0 Å². The van der Waals surface area contributed by atoms with Gasteiger partial charge >= 0.3 is 0 Å². The van der Waals surface area contributed by atoms with Crippen molar-refractivity contribution in [1.82, 2.24) is 5.32 Å². The van der Waals surface area contributed by atoms with Gasteiger partial charge in [-0.05, 0) is 43.8 Å². The van der Waals surface area contributed by atoms with Crippen LogP contribution < -0.4 is 11.1 Å². The molecule has 90 valence electrons. The highest BCUT2D eigenvalue weighted by Crippen LogP contribution is 2.32. The fourth-order valence-corrected chi connectivity index (χ4v) is 2.94. The highest BCUT2D eigenvalue weighted by molar-refractivity contribution is 9.13. The Bertz CT molecular complexity index is 359. The van der Waals surface area contributed by atoms with Crippen molar-refractivity contribution in [2.75, 3.05) is 6.54 Å². The van der Waals surface area contributed by atoms with Crippen LogP contribution >= 0.6 is 43.2 Å². The van der Waals surface area contributed by atoms with Gasteiger partial charge in [0.2, 0.25) is 0 Å². The molecule has 1 amide bonds. The number of carbonyl (C=O) groups excluding carboxylic acids is 1. The van der Waals surface area contributed by atoms with Gasteiger partial charge in [-0.2, -0.15) is 0 Å². The van der Waals surface area contributed by atoms with E-state index in [0.29, 0.717) is 17.3 Å². The summed E-state index contributed by atoms with van der Waals surface area (Å²) >= 11 is 8.10. The Hall–Kier alpha value is 0.0900. The molecule has 0 spiro atoms. The second kappa shape index (κ2) is 6.14. The molecule has 0 aromatic carbocycles. The van der Waals surface area contributed by atoms with Gasteiger partial charge in [0.1, 0.15) is 0 Å². The average molecular weight is 370 g/mol. The van der Waals surface area contributed by atoms with E-state index in [1.165, 1.54) is 11.3 Å². The van der Waals surface area contributed by atoms with Crippen molar-refractivity contribution in [2.45, 2.75) is 19.9 Å². The van der Waals surface area contributed by atoms with Crippen LogP contribution in [0.3, 0.4) is 0 Å². The quantitative estimate of drug-likeness (QED) is 0.857. The summed E-state index contributed by atoms with van der Waals surface area (Å²) < 4.78 is 1.82. The van der Waals surface area contributed by atoms with Gasteiger partial charge in [-0.3, -0.25) is 4.79 Å². The van der Waals surface area contributed by atoms with Crippen molar-refractivity contribution >= 4 is 49.1 Å². The van der Waals surface area contributed by atoms with Crippen LogP contribution in [-0.4, -0.2) is 18.5 Å². The monoisotopic (exact) mass is 368 g/mol. The summed E-state index contributed by atoms with van der Waals surface area (Å²) in [5, 5.41) is 2.83. The Labute approximate surface area is 116 Å². The molecule has 0 saturated heterocycles. The topological polar surface area (TPSA) is 55.1 Å². The minimum Gasteiger partial charge on any atom is -0.350 e. The number of nitrogens with two attached hydrogens (primary N) is 1. The van der Waals surface area contributed by atoms with Gasteiger partial charge in [0.15, 0.2) is 0 Å². The van der Waals surface area contributed by atoms with Crippen LogP contribution in [0, 0.1) is 5.92 Å². The molecule has 6 heteroatoms. The molecule has 1 atom stereocenters. The van der Waals surface area contributed by atoms with Gasteiger partial charge in [-0.1, -0.05) is 13.8 Å². The summed E-state index contributed by atoms with van der Waals surface area (Å²) in [6, 6.07) is 1.79. The molecule has 16 heavy (non-hydrogen) atoms. The normalized spacial score (nSPS) is 12.9. The fraction of sp³-hybridized carbons (Fsp3) is 0.500. The maximum absolute atomic E-state index is 11.7. The lowest BCUT2D eigenvalue weighted by Crippen LogP contribution is -2.40. The number of hydrogen-bond acceptors (Lipinski definition) is 3. The molecule has 0 aliphatic carbocycles. The molecule has 0 bridgehead atoms. The predicted octanol–water partition coefficient (Wildman–Crippen LogP) is 2.99. The van der Waals surface area contributed by atoms with Crippen molar-refractivity contribution < 1.29 is 4.79 Å². The highest BCUT2D eigenvalue weighted by atomic mass is 79.9. The smallest absolute Gasteiger partial charge is 0.261 e. The minimum absolute atomic E-state index is 0.00389. The molecular weight excluding hydrogens is 356 g/mol. The fourth-order valence-electron chi connectivity index (χ4n) is 0.992. The molecule has 0 radical (unpaired) electrons. The molecule has 0 fully saturated rings. The van der Waals surface area contributed by atoms with E-state index in [1.54, 1.807) is 6.07 Å². The van der Waals surface area contributed by atoms with E-state index in [0.717, 1.165) is 8.26 Å². The Morgan fingerprint density at radius 3 is 2.62 bits per heavy atom. The third kappa shape index (κ3) is 3.84. The summed E-state index contributed by atoms with van der Waals surface area (Å²) in [5.41, 5.74) is 5.85. The minimum atomic E-state index is -0.0764. The number of carbonyl (C=O) groups is 1. The van der Waals surface area contributed by atoms with Crippen LogP contribution in [0.5, 0.6) is 0 Å². The first-order valence-electron chi connectivity index (χ1n) is 4.90. The van der Waals surface area contributed by atoms with Crippen molar-refractivity contribution in [3.8, 4) is 0 Å². The molecule has 1 aromatic heterocycles. The molecule has 0 aliphatic rings. The Morgan fingerprint density at radius 1 is 1.56 bits per heavy atom. The van der Waals surface area contributed by atoms with Gasteiger partial charge in [0.25, 0.3) is 5.91 Å². The van der Waals surface area contributed by atoms with Crippen LogP contribution in [0.15, 0.2) is 14.3 Å². The molecule has 0 aliphatic heterocycles. The number of hydrogen-bond donors (Lipinski definition) is 2. The average Bonchev–Trinajstić information content (AvgIpc) is 2.55. The van der Waals surface area contributed by atoms with Gasteiger partial charge < -0.3 is 11.1 Å². The van der Waals surface area contributed by atoms with Crippen LogP contribution in [0.25, 0.3) is 0 Å². The van der Waals surface area contributed by atoms with Crippen LogP contribution in [0.1, 0.15) is 23.5 Å². The molecule has 1 aromatic rings. The van der Waals surface area contributed by atoms with Gasteiger partial charge in [-0.25, -0.2) is 0 Å². The lowest BCUT2D eigenvalue weighted by molar-refractivity contribution is 0.0953. The summed E-state index contributed by atoms with van der Waals surface area (Å²) in [4.78, 5) is 12.4. The second-order valence-corrected chi connectivity index (χ2v) is 7.07. The first-order chi connectivity index (χ1) is 7.41. The standard InChI is InChI=1S/C10H14Br2N2OS/c1-5(2)7(13)4-14-10(15)8-3-6(11)9(12)16-8/h3,5,7H,4,13H2,1-2H3,(H,14,15). The largest absolute Gasteiger partial charge is 0.350 e. The first kappa shape index (κ1) is 14.2. The summed E-state index contributed by atoms with van der Waals surface area (Å²) in [6.07, 6.45) is 0. The second-order valence-electron chi connectivity index (χ2n) is 3.85. The van der Waals surface area contributed by atoms with E-state index in [2.05, 4.69) is 37.2 Å². The Kier molecular flexibility index (Phi) is 5.43. The van der Waals surface area contributed by atoms with Crippen molar-refractivity contribution in [3.63, 3.8) is 0 Å². The van der Waals surface area contributed by atoms with E-state index < -0.39 is 0 Å². The van der Waals surface area contributed by atoms with Crippen molar-refractivity contribution in [1.29, 1.82) is 0 Å². The van der Waals surface area contributed by atoms with E-state index in [-0.39, 0.29) is 11.9 Å². The SMILES string of the molecule is CC(C)C(N)CNC(=O)c1cc(Br)c(Br)s1. The Morgan fingerprint density at radius 2 is 2.19 bits per heavy atom. The zero-order valence-electron chi connectivity index (χ0n) is 9.09. The first-order valence-corrected chi connectivity index (χ1v) is 7.30. The maximum Gasteiger partial charge on any atom is 0.261 e. The van der Waals surface area contributed by atoms with Crippen LogP contribution in [0.4, 0.5) is 0 Å². The van der Waals surface area contributed by atoms with Crippen LogP contribution in [-0.2, 0) is 0 Å². The number of halogens is 2. The molecule has 1 rings (SSSR count). The molecule has 3 nitrogen and oxygen atoms in total. The third-order valence-electron chi connectivity index (χ3n) is 2.22. The highest BCUT2D eigenvalue weighted by Gasteiger charge is 2.14. The van der Waals surface area contributed by atoms with E-state index in [9.17, 15) is 4.79 Å². The molecule has 3 N–H and O–H groups in total. The predicted molar refractivity (Wildman–Crippen MR) is 74.9 cm³/mol. The maximum atomic E-state index is 11.7. The molecule has 1 unspecified atom stereocenters. The zero-order valence-corrected chi connectivity index (χ0v) is 13.1. The Balaban J connectivity index is 2.53. The van der Waals surface area contributed by atoms with Crippen molar-refractivity contribution in [3.05, 3.63) is 19.2 Å². The zero-order chi connectivity index (χ0) is 12.3. The van der Waals surface area contributed by atoms with E-state index in [1.807, 2.05) is 13.8 Å². The summed E-state index contributed by atoms with van der Waals surface area (Å²) in [7, 11) is 0. The van der Waals surface area contributed by atoms with Gasteiger partial charge in [-0.15, -0.1) is 11.3 Å². The summed E-state index contributed by atoms with van der Waals surface area (Å²) in [5.74, 6) is 0.287. The third-order valence-corrected chi connectivity index (χ3v) is 5.48. The number of nitrogens with one attached hydrogen (secondary N) is 1. The number of rotatable bonds is 4. The van der Waals surface area contributed by atoms with Crippen molar-refractivity contribution in [2.24, 2.45) is 11.7 Å². The van der Waals surface area contributed by atoms with E-state index in [4.69, 9.17) is 5.73 Å². The molecule has 1 heterocycles.